The lowest BCUT2D eigenvalue weighted by Gasteiger charge is -2.24. The molecule has 15 heavy (non-hydrogen) atoms. The molecule has 2 nitrogen and oxygen atoms in total. The van der Waals surface area contributed by atoms with E-state index >= 15 is 0 Å². The Bertz CT molecular complexity index is 303. The fraction of sp³-hybridized carbons (Fsp3) is 0.615. The maximum absolute atomic E-state index is 4.23. The van der Waals surface area contributed by atoms with Gasteiger partial charge in [-0.05, 0) is 49.4 Å². The van der Waals surface area contributed by atoms with Gasteiger partial charge in [-0.1, -0.05) is 13.3 Å². The lowest BCUT2D eigenvalue weighted by Crippen LogP contribution is -2.35. The van der Waals surface area contributed by atoms with E-state index in [1.807, 2.05) is 12.4 Å². The minimum Gasteiger partial charge on any atom is -0.314 e. The largest absolute Gasteiger partial charge is 0.314 e. The highest BCUT2D eigenvalue weighted by atomic mass is 14.9. The van der Waals surface area contributed by atoms with E-state index in [0.29, 0.717) is 6.04 Å². The maximum Gasteiger partial charge on any atom is 0.0303 e. The van der Waals surface area contributed by atoms with Crippen molar-refractivity contribution in [1.82, 2.24) is 10.3 Å². The van der Waals surface area contributed by atoms with Crippen LogP contribution in [-0.2, 0) is 12.8 Å². The summed E-state index contributed by atoms with van der Waals surface area (Å²) in [6, 6.07) is 2.83. The molecule has 0 aromatic carbocycles. The van der Waals surface area contributed by atoms with Gasteiger partial charge in [0.25, 0.3) is 0 Å². The second kappa shape index (κ2) is 5.26. The van der Waals surface area contributed by atoms with Crippen molar-refractivity contribution in [1.29, 1.82) is 0 Å². The number of pyridine rings is 1. The lowest BCUT2D eigenvalue weighted by atomic mass is 9.95. The van der Waals surface area contributed by atoms with E-state index in [-0.39, 0.29) is 0 Å². The van der Waals surface area contributed by atoms with Crippen molar-refractivity contribution in [2.45, 2.75) is 45.1 Å². The van der Waals surface area contributed by atoms with Crippen molar-refractivity contribution in [3.05, 3.63) is 29.6 Å². The van der Waals surface area contributed by atoms with Crippen LogP contribution in [0.3, 0.4) is 0 Å². The van der Waals surface area contributed by atoms with E-state index in [2.05, 4.69) is 23.3 Å². The van der Waals surface area contributed by atoms with Gasteiger partial charge in [-0.2, -0.15) is 0 Å². The minimum absolute atomic E-state index is 0.674. The number of piperidine rings is 1. The van der Waals surface area contributed by atoms with Crippen LogP contribution in [0.4, 0.5) is 0 Å². The third-order valence-corrected chi connectivity index (χ3v) is 3.26. The van der Waals surface area contributed by atoms with Crippen molar-refractivity contribution in [3.63, 3.8) is 0 Å². The average Bonchev–Trinajstić information content (AvgIpc) is 2.31. The molecule has 1 aromatic rings. The Balaban J connectivity index is 2.02. The Morgan fingerprint density at radius 1 is 1.40 bits per heavy atom. The van der Waals surface area contributed by atoms with E-state index in [9.17, 15) is 0 Å². The average molecular weight is 204 g/mol. The maximum atomic E-state index is 4.23. The highest BCUT2D eigenvalue weighted by Gasteiger charge is 2.14. The number of hydrogen-bond acceptors (Lipinski definition) is 2. The molecule has 0 bridgehead atoms. The van der Waals surface area contributed by atoms with Crippen molar-refractivity contribution in [3.8, 4) is 0 Å². The smallest absolute Gasteiger partial charge is 0.0303 e. The van der Waals surface area contributed by atoms with Gasteiger partial charge in [-0.15, -0.1) is 0 Å². The molecule has 1 fully saturated rings. The molecule has 0 aliphatic carbocycles. The third-order valence-electron chi connectivity index (χ3n) is 3.26. The minimum atomic E-state index is 0.674. The second-order valence-corrected chi connectivity index (χ2v) is 4.35. The highest BCUT2D eigenvalue weighted by Crippen LogP contribution is 2.15. The molecule has 1 unspecified atom stereocenters. The second-order valence-electron chi connectivity index (χ2n) is 4.35. The van der Waals surface area contributed by atoms with Crippen molar-refractivity contribution in [2.75, 3.05) is 6.54 Å². The molecule has 1 aliphatic heterocycles. The van der Waals surface area contributed by atoms with Crippen LogP contribution in [-0.4, -0.2) is 17.6 Å². The van der Waals surface area contributed by atoms with Crippen molar-refractivity contribution < 1.29 is 0 Å². The van der Waals surface area contributed by atoms with E-state index in [4.69, 9.17) is 0 Å². The number of aromatic nitrogens is 1. The summed E-state index contributed by atoms with van der Waals surface area (Å²) in [6.45, 7) is 3.40. The summed E-state index contributed by atoms with van der Waals surface area (Å²) < 4.78 is 0. The van der Waals surface area contributed by atoms with Crippen molar-refractivity contribution >= 4 is 0 Å². The van der Waals surface area contributed by atoms with Gasteiger partial charge < -0.3 is 5.32 Å². The quantitative estimate of drug-likeness (QED) is 0.817. The molecular weight excluding hydrogens is 184 g/mol. The predicted octanol–water partition coefficient (Wildman–Crippen LogP) is 2.33. The number of nitrogens with one attached hydrogen (secondary N) is 1. The molecule has 1 aliphatic rings. The summed E-state index contributed by atoms with van der Waals surface area (Å²) >= 11 is 0. The van der Waals surface area contributed by atoms with Gasteiger partial charge in [-0.3, -0.25) is 4.98 Å². The number of aryl methyl sites for hydroxylation is 1. The fourth-order valence-electron chi connectivity index (χ4n) is 2.35. The molecule has 0 saturated carbocycles. The number of nitrogens with zero attached hydrogens (tertiary/aromatic N) is 1. The summed E-state index contributed by atoms with van der Waals surface area (Å²) in [7, 11) is 0. The van der Waals surface area contributed by atoms with Gasteiger partial charge in [0.2, 0.25) is 0 Å². The van der Waals surface area contributed by atoms with Crippen LogP contribution < -0.4 is 5.32 Å². The zero-order valence-electron chi connectivity index (χ0n) is 9.50. The molecule has 1 aromatic heterocycles. The fourth-order valence-corrected chi connectivity index (χ4v) is 2.35. The van der Waals surface area contributed by atoms with E-state index < -0.39 is 0 Å². The van der Waals surface area contributed by atoms with E-state index in [0.717, 1.165) is 12.8 Å². The molecule has 1 atom stereocenters. The van der Waals surface area contributed by atoms with Crippen molar-refractivity contribution in [2.24, 2.45) is 0 Å². The standard InChI is InChI=1S/C13H20N2/c1-2-11-6-8-14-10-12(11)9-13-5-3-4-7-15-13/h6,8,10,13,15H,2-5,7,9H2,1H3. The first-order chi connectivity index (χ1) is 7.40. The molecule has 0 spiro atoms. The van der Waals surface area contributed by atoms with E-state index in [1.54, 1.807) is 0 Å². The molecule has 82 valence electrons. The van der Waals surface area contributed by atoms with Gasteiger partial charge in [-0.25, -0.2) is 0 Å². The lowest BCUT2D eigenvalue weighted by molar-refractivity contribution is 0.398. The van der Waals surface area contributed by atoms with Crippen LogP contribution in [0.2, 0.25) is 0 Å². The molecule has 0 amide bonds. The third kappa shape index (κ3) is 2.78. The topological polar surface area (TPSA) is 24.9 Å². The first kappa shape index (κ1) is 10.6. The Kier molecular flexibility index (Phi) is 3.73. The molecule has 2 heterocycles. The summed E-state index contributed by atoms with van der Waals surface area (Å²) in [4.78, 5) is 4.23. The van der Waals surface area contributed by atoms with Crippen LogP contribution in [0.5, 0.6) is 0 Å². The summed E-state index contributed by atoms with van der Waals surface area (Å²) in [5, 5.41) is 3.59. The molecule has 1 saturated heterocycles. The normalized spacial score (nSPS) is 21.5. The molecule has 2 heteroatoms. The molecular formula is C13H20N2. The predicted molar refractivity (Wildman–Crippen MR) is 63.0 cm³/mol. The van der Waals surface area contributed by atoms with Crippen LogP contribution in [0, 0.1) is 0 Å². The Morgan fingerprint density at radius 2 is 2.33 bits per heavy atom. The first-order valence-corrected chi connectivity index (χ1v) is 6.05. The first-order valence-electron chi connectivity index (χ1n) is 6.05. The molecule has 2 rings (SSSR count). The Labute approximate surface area is 92.1 Å². The molecule has 1 N–H and O–H groups in total. The summed E-state index contributed by atoms with van der Waals surface area (Å²) in [5.41, 5.74) is 2.89. The van der Waals surface area contributed by atoms with Gasteiger partial charge in [0.15, 0.2) is 0 Å². The zero-order chi connectivity index (χ0) is 10.5. The van der Waals surface area contributed by atoms with Gasteiger partial charge in [0, 0.05) is 18.4 Å². The van der Waals surface area contributed by atoms with E-state index in [1.165, 1.54) is 36.9 Å². The summed E-state index contributed by atoms with van der Waals surface area (Å²) in [5.74, 6) is 0. The zero-order valence-corrected chi connectivity index (χ0v) is 9.50. The van der Waals surface area contributed by atoms with Crippen LogP contribution in [0.25, 0.3) is 0 Å². The number of hydrogen-bond donors (Lipinski definition) is 1. The van der Waals surface area contributed by atoms with Crippen LogP contribution in [0.15, 0.2) is 18.5 Å². The number of rotatable bonds is 3. The van der Waals surface area contributed by atoms with Gasteiger partial charge >= 0.3 is 0 Å². The van der Waals surface area contributed by atoms with Gasteiger partial charge in [0.05, 0.1) is 0 Å². The molecule has 0 radical (unpaired) electrons. The Morgan fingerprint density at radius 3 is 3.07 bits per heavy atom. The monoisotopic (exact) mass is 204 g/mol. The Hall–Kier alpha value is -0.890. The highest BCUT2D eigenvalue weighted by molar-refractivity contribution is 5.24. The SMILES string of the molecule is CCc1ccncc1CC1CCCCN1. The van der Waals surface area contributed by atoms with Crippen LogP contribution >= 0.6 is 0 Å². The van der Waals surface area contributed by atoms with Crippen LogP contribution in [0.1, 0.15) is 37.3 Å². The summed E-state index contributed by atoms with van der Waals surface area (Å²) in [6.07, 6.45) is 10.2. The van der Waals surface area contributed by atoms with Gasteiger partial charge in [0.1, 0.15) is 0 Å².